The van der Waals surface area contributed by atoms with Crippen molar-refractivity contribution < 1.29 is 5.11 Å². The van der Waals surface area contributed by atoms with Gasteiger partial charge in [-0.1, -0.05) is 17.7 Å². The molecule has 2 nitrogen and oxygen atoms in total. The lowest BCUT2D eigenvalue weighted by molar-refractivity contribution is 0.177. The number of hydrogen-bond donors (Lipinski definition) is 1. The Labute approximate surface area is 125 Å². The highest BCUT2D eigenvalue weighted by atomic mass is 127. The summed E-state index contributed by atoms with van der Waals surface area (Å²) in [5.74, 6) is 0. The molecule has 4 heteroatoms. The highest BCUT2D eigenvalue weighted by Gasteiger charge is 2.15. The van der Waals surface area contributed by atoms with E-state index in [-0.39, 0.29) is 0 Å². The molecule has 18 heavy (non-hydrogen) atoms. The Bertz CT molecular complexity index is 542. The number of halogens is 1. The van der Waals surface area contributed by atoms with Gasteiger partial charge in [0.2, 0.25) is 0 Å². The zero-order chi connectivity index (χ0) is 13.3. The van der Waals surface area contributed by atoms with E-state index < -0.39 is 6.10 Å². The summed E-state index contributed by atoms with van der Waals surface area (Å²) in [6.07, 6.45) is 1.94. The van der Waals surface area contributed by atoms with Crippen LogP contribution in [-0.2, 0) is 6.42 Å². The van der Waals surface area contributed by atoms with Gasteiger partial charge in [0.1, 0.15) is 11.1 Å². The fourth-order valence-electron chi connectivity index (χ4n) is 2.23. The van der Waals surface area contributed by atoms with E-state index in [4.69, 9.17) is 0 Å². The van der Waals surface area contributed by atoms with E-state index in [9.17, 15) is 5.11 Å². The van der Waals surface area contributed by atoms with Gasteiger partial charge < -0.3 is 5.11 Å². The monoisotopic (exact) mass is 373 g/mol. The smallest absolute Gasteiger partial charge is 0.123 e. The number of benzene rings is 1. The lowest BCUT2D eigenvalue weighted by Crippen LogP contribution is -2.05. The number of thiazole rings is 1. The second-order valence-corrected chi connectivity index (χ2v) is 7.56. The highest BCUT2D eigenvalue weighted by molar-refractivity contribution is 14.1. The lowest BCUT2D eigenvalue weighted by Gasteiger charge is -2.14. The second-order valence-electron chi connectivity index (χ2n) is 4.60. The molecule has 96 valence electrons. The molecule has 1 aromatic carbocycles. The van der Waals surface area contributed by atoms with Crippen LogP contribution in [-0.4, -0.2) is 10.1 Å². The summed E-state index contributed by atoms with van der Waals surface area (Å²) in [7, 11) is 0. The van der Waals surface area contributed by atoms with Crippen LogP contribution in [0.15, 0.2) is 18.3 Å². The van der Waals surface area contributed by atoms with Crippen LogP contribution in [0.5, 0.6) is 0 Å². The molecule has 0 aliphatic heterocycles. The maximum absolute atomic E-state index is 10.3. The molecule has 1 atom stereocenters. The highest BCUT2D eigenvalue weighted by Crippen LogP contribution is 2.27. The third-order valence-electron chi connectivity index (χ3n) is 3.02. The van der Waals surface area contributed by atoms with Gasteiger partial charge in [0.05, 0.1) is 9.08 Å². The molecule has 0 aliphatic rings. The molecule has 0 saturated heterocycles. The summed E-state index contributed by atoms with van der Waals surface area (Å²) in [6.45, 7) is 6.31. The van der Waals surface area contributed by atoms with Crippen LogP contribution in [0.1, 0.15) is 33.4 Å². The molecule has 0 saturated carbocycles. The third-order valence-corrected chi connectivity index (χ3v) is 4.84. The van der Waals surface area contributed by atoms with Crippen molar-refractivity contribution in [2.45, 2.75) is 33.3 Å². The first kappa shape index (κ1) is 14.0. The Morgan fingerprint density at radius 2 is 1.89 bits per heavy atom. The van der Waals surface area contributed by atoms with Gasteiger partial charge in [-0.05, 0) is 60.1 Å². The molecule has 1 aromatic heterocycles. The van der Waals surface area contributed by atoms with E-state index in [1.54, 1.807) is 17.5 Å². The first-order chi connectivity index (χ1) is 8.47. The number of nitrogens with zero attached hydrogens (tertiary/aromatic N) is 1. The summed E-state index contributed by atoms with van der Waals surface area (Å²) in [6, 6.07) is 4.33. The standard InChI is InChI=1S/C14H16INOS/c1-8-4-9(2)11(10(3)5-8)6-12(17)14-16-7-13(15)18-14/h4-5,7,12,17H,6H2,1-3H3. The third kappa shape index (κ3) is 3.10. The van der Waals surface area contributed by atoms with Gasteiger partial charge in [-0.2, -0.15) is 0 Å². The Kier molecular flexibility index (Phi) is 4.40. The second kappa shape index (κ2) is 5.67. The van der Waals surface area contributed by atoms with Crippen LogP contribution in [0.4, 0.5) is 0 Å². The minimum Gasteiger partial charge on any atom is -0.386 e. The molecule has 0 spiro atoms. The van der Waals surface area contributed by atoms with Crippen LogP contribution >= 0.6 is 33.9 Å². The number of aliphatic hydroxyl groups is 1. The molecule has 0 radical (unpaired) electrons. The van der Waals surface area contributed by atoms with Crippen molar-refractivity contribution >= 4 is 33.9 Å². The normalized spacial score (nSPS) is 12.7. The maximum atomic E-state index is 10.3. The average molecular weight is 373 g/mol. The molecular formula is C14H16INOS. The van der Waals surface area contributed by atoms with Gasteiger partial charge in [0.25, 0.3) is 0 Å². The number of aromatic nitrogens is 1. The fourth-order valence-corrected chi connectivity index (χ4v) is 3.68. The van der Waals surface area contributed by atoms with Crippen LogP contribution in [0.3, 0.4) is 0 Å². The summed E-state index contributed by atoms with van der Waals surface area (Å²) >= 11 is 3.78. The van der Waals surface area contributed by atoms with Crippen molar-refractivity contribution in [2.75, 3.05) is 0 Å². The van der Waals surface area contributed by atoms with Crippen LogP contribution in [0.25, 0.3) is 0 Å². The molecule has 1 heterocycles. The topological polar surface area (TPSA) is 33.1 Å². The summed E-state index contributed by atoms with van der Waals surface area (Å²) in [5.41, 5.74) is 5.00. The quantitative estimate of drug-likeness (QED) is 0.827. The summed E-state index contributed by atoms with van der Waals surface area (Å²) in [4.78, 5) is 4.25. The predicted octanol–water partition coefficient (Wildman–Crippen LogP) is 3.95. The Morgan fingerprint density at radius 3 is 2.39 bits per heavy atom. The molecule has 2 aromatic rings. The van der Waals surface area contributed by atoms with E-state index in [1.165, 1.54) is 22.3 Å². The van der Waals surface area contributed by atoms with Gasteiger partial charge in [0.15, 0.2) is 0 Å². The van der Waals surface area contributed by atoms with Crippen LogP contribution in [0.2, 0.25) is 0 Å². The van der Waals surface area contributed by atoms with Gasteiger partial charge in [0, 0.05) is 6.42 Å². The first-order valence-corrected chi connectivity index (χ1v) is 7.73. The Hall–Kier alpha value is -0.460. The molecule has 1 N–H and O–H groups in total. The zero-order valence-corrected chi connectivity index (χ0v) is 13.7. The molecule has 0 aliphatic carbocycles. The van der Waals surface area contributed by atoms with Crippen molar-refractivity contribution in [2.24, 2.45) is 0 Å². The lowest BCUT2D eigenvalue weighted by atomic mass is 9.95. The van der Waals surface area contributed by atoms with E-state index >= 15 is 0 Å². The van der Waals surface area contributed by atoms with Crippen molar-refractivity contribution in [1.29, 1.82) is 0 Å². The maximum Gasteiger partial charge on any atom is 0.123 e. The molecular weight excluding hydrogens is 357 g/mol. The van der Waals surface area contributed by atoms with Crippen molar-refractivity contribution in [3.05, 3.63) is 48.5 Å². The van der Waals surface area contributed by atoms with Gasteiger partial charge in [-0.25, -0.2) is 4.98 Å². The molecule has 0 amide bonds. The molecule has 0 bridgehead atoms. The number of rotatable bonds is 3. The van der Waals surface area contributed by atoms with Gasteiger partial charge >= 0.3 is 0 Å². The Morgan fingerprint density at radius 1 is 1.28 bits per heavy atom. The van der Waals surface area contributed by atoms with Gasteiger partial charge in [-0.15, -0.1) is 11.3 Å². The SMILES string of the molecule is Cc1cc(C)c(CC(O)c2ncc(I)s2)c(C)c1. The Balaban J connectivity index is 2.24. The molecule has 1 unspecified atom stereocenters. The molecule has 0 fully saturated rings. The van der Waals surface area contributed by atoms with E-state index in [0.29, 0.717) is 6.42 Å². The van der Waals surface area contributed by atoms with Crippen molar-refractivity contribution in [3.8, 4) is 0 Å². The minimum atomic E-state index is -0.501. The van der Waals surface area contributed by atoms with E-state index in [0.717, 1.165) is 7.89 Å². The van der Waals surface area contributed by atoms with E-state index in [2.05, 4.69) is 60.5 Å². The minimum absolute atomic E-state index is 0.501. The summed E-state index contributed by atoms with van der Waals surface area (Å²) < 4.78 is 1.11. The predicted molar refractivity (Wildman–Crippen MR) is 84.1 cm³/mol. The average Bonchev–Trinajstić information content (AvgIpc) is 2.70. The zero-order valence-electron chi connectivity index (χ0n) is 10.7. The van der Waals surface area contributed by atoms with Crippen molar-refractivity contribution in [3.63, 3.8) is 0 Å². The number of hydrogen-bond acceptors (Lipinski definition) is 3. The molecule has 2 rings (SSSR count). The first-order valence-electron chi connectivity index (χ1n) is 5.83. The van der Waals surface area contributed by atoms with Crippen molar-refractivity contribution in [1.82, 2.24) is 4.98 Å². The van der Waals surface area contributed by atoms with Crippen LogP contribution < -0.4 is 0 Å². The number of aliphatic hydroxyl groups excluding tert-OH is 1. The number of aryl methyl sites for hydroxylation is 3. The van der Waals surface area contributed by atoms with E-state index in [1.807, 2.05) is 0 Å². The van der Waals surface area contributed by atoms with Crippen LogP contribution in [0, 0.1) is 23.7 Å². The largest absolute Gasteiger partial charge is 0.386 e. The summed E-state index contributed by atoms with van der Waals surface area (Å²) in [5, 5.41) is 11.1. The van der Waals surface area contributed by atoms with Gasteiger partial charge in [-0.3, -0.25) is 0 Å². The fraction of sp³-hybridized carbons (Fsp3) is 0.357.